The van der Waals surface area contributed by atoms with E-state index in [1.165, 1.54) is 77.0 Å². The average molecular weight is 299 g/mol. The molecule has 0 aromatic carbocycles. The van der Waals surface area contributed by atoms with Gasteiger partial charge in [0.1, 0.15) is 0 Å². The first-order chi connectivity index (χ1) is 10.2. The molecule has 21 heavy (non-hydrogen) atoms. The van der Waals surface area contributed by atoms with E-state index in [0.717, 1.165) is 18.8 Å². The van der Waals surface area contributed by atoms with E-state index in [1.807, 2.05) is 0 Å². The fraction of sp³-hybridized carbons (Fsp3) is 0.947. The maximum absolute atomic E-state index is 10.4. The minimum absolute atomic E-state index is 0.344. The Morgan fingerprint density at radius 3 is 1.62 bits per heavy atom. The Hall–Kier alpha value is -0.530. The molecule has 1 N–H and O–H groups in total. The van der Waals surface area contributed by atoms with Gasteiger partial charge in [-0.2, -0.15) is 0 Å². The lowest BCUT2D eigenvalue weighted by molar-refractivity contribution is -0.137. The maximum atomic E-state index is 10.4. The van der Waals surface area contributed by atoms with E-state index in [9.17, 15) is 4.79 Å². The standard InChI is InChI=1S/C19H38O2/c1-3-15-18(2)16-13-11-9-7-5-4-6-8-10-12-14-17-19(20)21/h18H,3-17H2,1-2H3,(H,20,21). The predicted octanol–water partition coefficient (Wildman–Crippen LogP) is 6.58. The molecule has 0 aliphatic carbocycles. The van der Waals surface area contributed by atoms with E-state index < -0.39 is 5.97 Å². The van der Waals surface area contributed by atoms with Crippen LogP contribution in [0.3, 0.4) is 0 Å². The van der Waals surface area contributed by atoms with Gasteiger partial charge in [0, 0.05) is 6.42 Å². The van der Waals surface area contributed by atoms with Crippen molar-refractivity contribution >= 4 is 5.97 Å². The summed E-state index contributed by atoms with van der Waals surface area (Å²) in [7, 11) is 0. The van der Waals surface area contributed by atoms with Gasteiger partial charge >= 0.3 is 5.97 Å². The van der Waals surface area contributed by atoms with Crippen LogP contribution in [0.4, 0.5) is 0 Å². The second kappa shape index (κ2) is 15.9. The van der Waals surface area contributed by atoms with Crippen molar-refractivity contribution in [1.82, 2.24) is 0 Å². The molecular formula is C19H38O2. The van der Waals surface area contributed by atoms with Crippen LogP contribution in [0.15, 0.2) is 0 Å². The summed E-state index contributed by atoms with van der Waals surface area (Å²) < 4.78 is 0. The van der Waals surface area contributed by atoms with Crippen LogP contribution in [0.2, 0.25) is 0 Å². The molecule has 0 aromatic heterocycles. The first-order valence-corrected chi connectivity index (χ1v) is 9.38. The Bertz CT molecular complexity index is 226. The normalized spacial score (nSPS) is 12.5. The number of carboxylic acid groups (broad SMARTS) is 1. The van der Waals surface area contributed by atoms with Crippen molar-refractivity contribution in [2.45, 2.75) is 110 Å². The summed E-state index contributed by atoms with van der Waals surface area (Å²) in [6.45, 7) is 4.67. The van der Waals surface area contributed by atoms with Crippen LogP contribution >= 0.6 is 0 Å². The summed E-state index contributed by atoms with van der Waals surface area (Å²) in [6.07, 6.45) is 18.7. The zero-order chi connectivity index (χ0) is 15.8. The number of rotatable bonds is 16. The minimum atomic E-state index is -0.654. The number of hydrogen-bond donors (Lipinski definition) is 1. The molecule has 1 atom stereocenters. The van der Waals surface area contributed by atoms with Gasteiger partial charge in [-0.05, 0) is 12.3 Å². The molecule has 1 unspecified atom stereocenters. The SMILES string of the molecule is CCCC(C)CCCCCCCCCCCCCC(=O)O. The topological polar surface area (TPSA) is 37.3 Å². The number of carbonyl (C=O) groups is 1. The molecule has 0 amide bonds. The lowest BCUT2D eigenvalue weighted by Crippen LogP contribution is -1.93. The van der Waals surface area contributed by atoms with E-state index in [-0.39, 0.29) is 0 Å². The molecule has 0 rings (SSSR count). The molecule has 0 fully saturated rings. The molecule has 0 bridgehead atoms. The molecule has 2 nitrogen and oxygen atoms in total. The highest BCUT2D eigenvalue weighted by Crippen LogP contribution is 2.16. The summed E-state index contributed by atoms with van der Waals surface area (Å²) in [6, 6.07) is 0. The van der Waals surface area contributed by atoms with Gasteiger partial charge in [-0.3, -0.25) is 4.79 Å². The smallest absolute Gasteiger partial charge is 0.303 e. The van der Waals surface area contributed by atoms with Crippen molar-refractivity contribution in [3.8, 4) is 0 Å². The lowest BCUT2D eigenvalue weighted by atomic mass is 9.98. The van der Waals surface area contributed by atoms with Gasteiger partial charge in [0.15, 0.2) is 0 Å². The van der Waals surface area contributed by atoms with Crippen LogP contribution in [-0.2, 0) is 4.79 Å². The van der Waals surface area contributed by atoms with E-state index in [4.69, 9.17) is 5.11 Å². The Balaban J connectivity index is 3.04. The first kappa shape index (κ1) is 20.5. The summed E-state index contributed by atoms with van der Waals surface area (Å²) in [5, 5.41) is 8.53. The fourth-order valence-electron chi connectivity index (χ4n) is 3.00. The first-order valence-electron chi connectivity index (χ1n) is 9.38. The largest absolute Gasteiger partial charge is 0.481 e. The van der Waals surface area contributed by atoms with Crippen molar-refractivity contribution in [3.05, 3.63) is 0 Å². The third-order valence-electron chi connectivity index (χ3n) is 4.37. The number of hydrogen-bond acceptors (Lipinski definition) is 1. The van der Waals surface area contributed by atoms with Gasteiger partial charge in [-0.25, -0.2) is 0 Å². The molecule has 0 radical (unpaired) electrons. The molecule has 2 heteroatoms. The number of carboxylic acids is 1. The Morgan fingerprint density at radius 2 is 1.19 bits per heavy atom. The van der Waals surface area contributed by atoms with Crippen LogP contribution in [0, 0.1) is 5.92 Å². The molecule has 126 valence electrons. The van der Waals surface area contributed by atoms with E-state index in [2.05, 4.69) is 13.8 Å². The zero-order valence-corrected chi connectivity index (χ0v) is 14.5. The van der Waals surface area contributed by atoms with E-state index >= 15 is 0 Å². The second-order valence-electron chi connectivity index (χ2n) is 6.72. The van der Waals surface area contributed by atoms with E-state index in [1.54, 1.807) is 0 Å². The van der Waals surface area contributed by atoms with Crippen LogP contribution in [0.25, 0.3) is 0 Å². The fourth-order valence-corrected chi connectivity index (χ4v) is 3.00. The highest BCUT2D eigenvalue weighted by atomic mass is 16.4. The highest BCUT2D eigenvalue weighted by molar-refractivity contribution is 5.66. The molecule has 0 aliphatic rings. The summed E-state index contributed by atoms with van der Waals surface area (Å²) in [5.74, 6) is 0.273. The van der Waals surface area contributed by atoms with Gasteiger partial charge in [0.2, 0.25) is 0 Å². The van der Waals surface area contributed by atoms with Gasteiger partial charge in [-0.1, -0.05) is 97.3 Å². The zero-order valence-electron chi connectivity index (χ0n) is 14.5. The maximum Gasteiger partial charge on any atom is 0.303 e. The van der Waals surface area contributed by atoms with Gasteiger partial charge in [0.25, 0.3) is 0 Å². The van der Waals surface area contributed by atoms with Crippen LogP contribution in [-0.4, -0.2) is 11.1 Å². The number of unbranched alkanes of at least 4 members (excludes halogenated alkanes) is 10. The quantitative estimate of drug-likeness (QED) is 0.327. The van der Waals surface area contributed by atoms with Crippen LogP contribution in [0.5, 0.6) is 0 Å². The average Bonchev–Trinajstić information content (AvgIpc) is 2.44. The van der Waals surface area contributed by atoms with Crippen molar-refractivity contribution in [1.29, 1.82) is 0 Å². The summed E-state index contributed by atoms with van der Waals surface area (Å²) in [4.78, 5) is 10.4. The van der Waals surface area contributed by atoms with Gasteiger partial charge < -0.3 is 5.11 Å². The minimum Gasteiger partial charge on any atom is -0.481 e. The predicted molar refractivity (Wildman–Crippen MR) is 91.7 cm³/mol. The highest BCUT2D eigenvalue weighted by Gasteiger charge is 2.00. The van der Waals surface area contributed by atoms with Crippen LogP contribution < -0.4 is 0 Å². The van der Waals surface area contributed by atoms with Crippen molar-refractivity contribution in [2.75, 3.05) is 0 Å². The van der Waals surface area contributed by atoms with Gasteiger partial charge in [0.05, 0.1) is 0 Å². The number of aliphatic carboxylic acids is 1. The summed E-state index contributed by atoms with van der Waals surface area (Å²) in [5.41, 5.74) is 0. The summed E-state index contributed by atoms with van der Waals surface area (Å²) >= 11 is 0. The second-order valence-corrected chi connectivity index (χ2v) is 6.72. The molecule has 0 saturated carbocycles. The van der Waals surface area contributed by atoms with E-state index in [0.29, 0.717) is 6.42 Å². The molecule has 0 aliphatic heterocycles. The van der Waals surface area contributed by atoms with Gasteiger partial charge in [-0.15, -0.1) is 0 Å². The molecule has 0 spiro atoms. The third kappa shape index (κ3) is 17.4. The molecular weight excluding hydrogens is 260 g/mol. The monoisotopic (exact) mass is 298 g/mol. The Labute approximate surface area is 132 Å². The molecule has 0 aromatic rings. The lowest BCUT2D eigenvalue weighted by Gasteiger charge is -2.09. The molecule has 0 saturated heterocycles. The third-order valence-corrected chi connectivity index (χ3v) is 4.37. The Kier molecular flexibility index (Phi) is 15.5. The van der Waals surface area contributed by atoms with Crippen molar-refractivity contribution < 1.29 is 9.90 Å². The van der Waals surface area contributed by atoms with Crippen molar-refractivity contribution in [2.24, 2.45) is 5.92 Å². The Morgan fingerprint density at radius 1 is 0.762 bits per heavy atom. The van der Waals surface area contributed by atoms with Crippen LogP contribution in [0.1, 0.15) is 110 Å². The van der Waals surface area contributed by atoms with Crippen molar-refractivity contribution in [3.63, 3.8) is 0 Å². The molecule has 0 heterocycles.